The Kier molecular flexibility index (Phi) is 3.39. The highest BCUT2D eigenvalue weighted by Crippen LogP contribution is 2.50. The minimum atomic E-state index is -0.768. The molecule has 0 N–H and O–H groups in total. The van der Waals surface area contributed by atoms with Crippen LogP contribution in [-0.4, -0.2) is 0 Å². The summed E-state index contributed by atoms with van der Waals surface area (Å²) < 4.78 is 142. The third kappa shape index (κ3) is 4.09. The van der Waals surface area contributed by atoms with E-state index in [1.807, 2.05) is 42.5 Å². The minimum absolute atomic E-state index is 0.0356. The molecule has 0 saturated carbocycles. The van der Waals surface area contributed by atoms with Gasteiger partial charge in [0.2, 0.25) is 0 Å². The Morgan fingerprint density at radius 3 is 1.62 bits per heavy atom. The van der Waals surface area contributed by atoms with Gasteiger partial charge in [0.1, 0.15) is 11.3 Å². The molecule has 9 aromatic rings. The molecule has 1 nitrogen and oxygen atoms in total. The summed E-state index contributed by atoms with van der Waals surface area (Å²) in [4.78, 5) is 0. The first-order valence-electron chi connectivity index (χ1n) is 21.7. The second kappa shape index (κ2) is 10.4. The standard InChI is InChI=1S/C44H28O/c1-3-14-29(15-4-1)32-26-27-40-39(28-32)43(44(45-40)31-17-5-2-6-18-31)42-37-23-11-9-21-35(37)41(36-22-10-12-24-38(36)42)34-25-13-19-30-16-7-8-20-33(30)34/h1-28H/i7D,8D,9D,10D,11D,12D,13D,16D,19D,20D,21D,22D,23D,24D,25D. The second-order valence-electron chi connectivity index (χ2n) is 10.5. The predicted octanol–water partition coefficient (Wildman–Crippen LogP) is 12.6. The maximum absolute atomic E-state index is 9.57. The molecule has 0 atom stereocenters. The van der Waals surface area contributed by atoms with E-state index >= 15 is 0 Å². The first kappa shape index (κ1) is 14.7. The van der Waals surface area contributed by atoms with Crippen molar-refractivity contribution in [1.29, 1.82) is 0 Å². The molecular formula is C44H28O. The normalized spacial score (nSPS) is 16.2. The summed E-state index contributed by atoms with van der Waals surface area (Å²) in [5.41, 5.74) is 1.85. The van der Waals surface area contributed by atoms with Crippen LogP contribution in [0, 0.1) is 0 Å². The van der Waals surface area contributed by atoms with Crippen molar-refractivity contribution in [2.24, 2.45) is 0 Å². The van der Waals surface area contributed by atoms with E-state index in [1.165, 1.54) is 0 Å². The molecule has 0 fully saturated rings. The van der Waals surface area contributed by atoms with Crippen LogP contribution in [0.5, 0.6) is 0 Å². The smallest absolute Gasteiger partial charge is 0.143 e. The highest BCUT2D eigenvalue weighted by atomic mass is 16.3. The molecule has 9 rings (SSSR count). The van der Waals surface area contributed by atoms with Gasteiger partial charge in [-0.15, -0.1) is 0 Å². The topological polar surface area (TPSA) is 13.1 Å². The van der Waals surface area contributed by atoms with Gasteiger partial charge in [-0.25, -0.2) is 0 Å². The van der Waals surface area contributed by atoms with Crippen molar-refractivity contribution in [3.05, 3.63) is 169 Å². The molecule has 0 radical (unpaired) electrons. The van der Waals surface area contributed by atoms with Crippen molar-refractivity contribution in [3.8, 4) is 44.7 Å². The fourth-order valence-corrected chi connectivity index (χ4v) is 6.07. The first-order chi connectivity index (χ1) is 28.6. The Labute approximate surface area is 282 Å². The third-order valence-corrected chi connectivity index (χ3v) is 8.02. The Hall–Kier alpha value is -5.92. The summed E-state index contributed by atoms with van der Waals surface area (Å²) in [6.45, 7) is 0. The van der Waals surface area contributed by atoms with Crippen LogP contribution in [0.3, 0.4) is 0 Å². The van der Waals surface area contributed by atoms with Crippen molar-refractivity contribution < 1.29 is 25.0 Å². The van der Waals surface area contributed by atoms with Gasteiger partial charge in [-0.3, -0.25) is 0 Å². The molecule has 0 aliphatic heterocycles. The Bertz CT molecular complexity index is 3270. The van der Waals surface area contributed by atoms with Gasteiger partial charge in [-0.05, 0) is 66.7 Å². The van der Waals surface area contributed by atoms with E-state index in [0.29, 0.717) is 16.5 Å². The van der Waals surface area contributed by atoms with Crippen LogP contribution in [0.25, 0.3) is 88.0 Å². The molecule has 8 aromatic carbocycles. The van der Waals surface area contributed by atoms with Crippen LogP contribution in [0.1, 0.15) is 20.6 Å². The van der Waals surface area contributed by atoms with E-state index in [-0.39, 0.29) is 44.0 Å². The lowest BCUT2D eigenvalue weighted by molar-refractivity contribution is 0.632. The molecule has 0 unspecified atom stereocenters. The fraction of sp³-hybridized carbons (Fsp3) is 0. The molecule has 0 aliphatic rings. The molecule has 210 valence electrons. The summed E-state index contributed by atoms with van der Waals surface area (Å²) in [6, 6.07) is 13.3. The predicted molar refractivity (Wildman–Crippen MR) is 190 cm³/mol. The van der Waals surface area contributed by atoms with Gasteiger partial charge in [0.25, 0.3) is 0 Å². The number of furan rings is 1. The highest BCUT2D eigenvalue weighted by Gasteiger charge is 2.24. The lowest BCUT2D eigenvalue weighted by Crippen LogP contribution is -1.92. The molecule has 0 aliphatic carbocycles. The average molecular weight is 588 g/mol. The van der Waals surface area contributed by atoms with E-state index in [1.54, 1.807) is 36.4 Å². The lowest BCUT2D eigenvalue weighted by atomic mass is 9.83. The Morgan fingerprint density at radius 1 is 0.400 bits per heavy atom. The molecule has 0 spiro atoms. The van der Waals surface area contributed by atoms with Crippen molar-refractivity contribution in [3.63, 3.8) is 0 Å². The first-order valence-corrected chi connectivity index (χ1v) is 14.2. The van der Waals surface area contributed by atoms with E-state index in [9.17, 15) is 6.85 Å². The van der Waals surface area contributed by atoms with Gasteiger partial charge in [0, 0.05) is 22.1 Å². The maximum Gasteiger partial charge on any atom is 0.143 e. The monoisotopic (exact) mass is 587 g/mol. The zero-order valence-corrected chi connectivity index (χ0v) is 23.4. The fourth-order valence-electron chi connectivity index (χ4n) is 6.07. The van der Waals surface area contributed by atoms with Gasteiger partial charge >= 0.3 is 0 Å². The van der Waals surface area contributed by atoms with Crippen molar-refractivity contribution in [1.82, 2.24) is 0 Å². The summed E-state index contributed by atoms with van der Waals surface area (Å²) in [6.07, 6.45) is 0. The zero-order chi connectivity index (χ0) is 42.8. The quantitative estimate of drug-likeness (QED) is 0.187. The van der Waals surface area contributed by atoms with E-state index in [0.717, 1.165) is 11.1 Å². The Morgan fingerprint density at radius 2 is 0.956 bits per heavy atom. The minimum Gasteiger partial charge on any atom is -0.455 e. The number of rotatable bonds is 4. The van der Waals surface area contributed by atoms with Gasteiger partial charge in [-0.2, -0.15) is 0 Å². The van der Waals surface area contributed by atoms with Crippen LogP contribution in [0.2, 0.25) is 0 Å². The van der Waals surface area contributed by atoms with E-state index in [2.05, 4.69) is 0 Å². The number of hydrogen-bond donors (Lipinski definition) is 0. The molecule has 0 saturated heterocycles. The SMILES string of the molecule is [2H]c1c([2H])c([2H])c2c(-c3c4c([2H])c([2H])c([2H])c([2H])c4c(-c4c(-c5ccccc5)oc5ccc(-c6ccccc6)cc45)c4c([2H])c([2H])c([2H])c([2H])c34)c([2H])c([2H])c([2H])c2c1[2H]. The van der Waals surface area contributed by atoms with Crippen molar-refractivity contribution in [2.45, 2.75) is 0 Å². The van der Waals surface area contributed by atoms with Crippen LogP contribution in [-0.2, 0) is 0 Å². The molecule has 1 aromatic heterocycles. The van der Waals surface area contributed by atoms with Gasteiger partial charge in [0.15, 0.2) is 0 Å². The van der Waals surface area contributed by atoms with Crippen LogP contribution in [0.15, 0.2) is 174 Å². The lowest BCUT2D eigenvalue weighted by Gasteiger charge is -2.19. The molecular weight excluding hydrogens is 544 g/mol. The van der Waals surface area contributed by atoms with Gasteiger partial charge in [0.05, 0.1) is 20.6 Å². The van der Waals surface area contributed by atoms with Crippen molar-refractivity contribution >= 4 is 43.3 Å². The Balaban J connectivity index is 1.65. The largest absolute Gasteiger partial charge is 0.455 e. The maximum atomic E-state index is 9.57. The summed E-state index contributed by atoms with van der Waals surface area (Å²) >= 11 is 0. The second-order valence-corrected chi connectivity index (χ2v) is 10.5. The van der Waals surface area contributed by atoms with E-state index in [4.69, 9.17) is 18.1 Å². The summed E-state index contributed by atoms with van der Waals surface area (Å²) in [5.74, 6) is 0.221. The highest BCUT2D eigenvalue weighted by molar-refractivity contribution is 6.26. The molecule has 0 amide bonds. The molecule has 0 bridgehead atoms. The third-order valence-electron chi connectivity index (χ3n) is 8.02. The number of fused-ring (bicyclic) bond motifs is 4. The van der Waals surface area contributed by atoms with Crippen LogP contribution >= 0.6 is 0 Å². The van der Waals surface area contributed by atoms with Crippen LogP contribution in [0.4, 0.5) is 0 Å². The van der Waals surface area contributed by atoms with Crippen LogP contribution < -0.4 is 0 Å². The van der Waals surface area contributed by atoms with E-state index < -0.39 is 107 Å². The molecule has 45 heavy (non-hydrogen) atoms. The molecule has 1 heteroatoms. The van der Waals surface area contributed by atoms with Gasteiger partial charge in [-0.1, -0.05) is 157 Å². The average Bonchev–Trinajstić information content (AvgIpc) is 3.64. The molecule has 1 heterocycles. The number of hydrogen-bond acceptors (Lipinski definition) is 1. The number of benzene rings is 8. The zero-order valence-electron chi connectivity index (χ0n) is 38.4. The summed E-state index contributed by atoms with van der Waals surface area (Å²) in [5, 5.41) is -1.54. The van der Waals surface area contributed by atoms with Crippen molar-refractivity contribution in [2.75, 3.05) is 0 Å². The summed E-state index contributed by atoms with van der Waals surface area (Å²) in [7, 11) is 0. The van der Waals surface area contributed by atoms with Gasteiger partial charge < -0.3 is 4.42 Å².